The fourth-order valence-electron chi connectivity index (χ4n) is 2.34. The van der Waals surface area contributed by atoms with Gasteiger partial charge in [-0.2, -0.15) is 0 Å². The van der Waals surface area contributed by atoms with Crippen LogP contribution in [0.3, 0.4) is 0 Å². The molecule has 2 heterocycles. The van der Waals surface area contributed by atoms with Crippen molar-refractivity contribution in [2.24, 2.45) is 4.99 Å². The average Bonchev–Trinajstić information content (AvgIpc) is 2.73. The summed E-state index contributed by atoms with van der Waals surface area (Å²) in [6.07, 6.45) is 1.65. The number of fused-ring (bicyclic) bond motifs is 1. The Labute approximate surface area is 122 Å². The Morgan fingerprint density at radius 1 is 1.25 bits per heavy atom. The molecule has 1 aromatic heterocycles. The van der Waals surface area contributed by atoms with Crippen molar-refractivity contribution in [3.8, 4) is 0 Å². The molecule has 102 valence electrons. The fraction of sp³-hybridized carbons (Fsp3) is 0.267. The van der Waals surface area contributed by atoms with E-state index >= 15 is 0 Å². The summed E-state index contributed by atoms with van der Waals surface area (Å²) in [4.78, 5) is 14.8. The van der Waals surface area contributed by atoms with E-state index < -0.39 is 0 Å². The second kappa shape index (κ2) is 4.87. The third-order valence-corrected chi connectivity index (χ3v) is 3.89. The molecule has 1 atom stereocenters. The molecule has 1 aliphatic rings. The van der Waals surface area contributed by atoms with E-state index in [-0.39, 0.29) is 11.3 Å². The lowest BCUT2D eigenvalue weighted by atomic mass is 10.1. The summed E-state index contributed by atoms with van der Waals surface area (Å²) < 4.78 is 0. The standard InChI is InChI=1S/C15H15ClN4/c1-9-10(2)18-13-8-11(4-5-12(9)13)20(3)14-6-7-17-15(16)19-14/h4-8,10H,1-3H3. The Hall–Kier alpha value is -1.94. The van der Waals surface area contributed by atoms with Crippen LogP contribution in [0.5, 0.6) is 0 Å². The van der Waals surface area contributed by atoms with E-state index in [1.807, 2.05) is 18.0 Å². The number of aromatic nitrogens is 2. The van der Waals surface area contributed by atoms with Gasteiger partial charge >= 0.3 is 0 Å². The predicted molar refractivity (Wildman–Crippen MR) is 80.9 cm³/mol. The van der Waals surface area contributed by atoms with E-state index in [9.17, 15) is 0 Å². The largest absolute Gasteiger partial charge is 0.329 e. The van der Waals surface area contributed by atoms with Crippen molar-refractivity contribution in [3.63, 3.8) is 0 Å². The zero-order chi connectivity index (χ0) is 14.3. The molecule has 0 bridgehead atoms. The Morgan fingerprint density at radius 2 is 2.05 bits per heavy atom. The highest BCUT2D eigenvalue weighted by atomic mass is 35.5. The highest BCUT2D eigenvalue weighted by Crippen LogP contribution is 2.20. The van der Waals surface area contributed by atoms with Crippen molar-refractivity contribution in [1.82, 2.24) is 9.97 Å². The van der Waals surface area contributed by atoms with Gasteiger partial charge in [0.05, 0.1) is 11.4 Å². The van der Waals surface area contributed by atoms with Gasteiger partial charge in [-0.25, -0.2) is 9.97 Å². The van der Waals surface area contributed by atoms with Gasteiger partial charge < -0.3 is 4.90 Å². The summed E-state index contributed by atoms with van der Waals surface area (Å²) in [5, 5.41) is 2.52. The van der Waals surface area contributed by atoms with E-state index in [1.165, 1.54) is 10.8 Å². The molecular formula is C15H15ClN4. The van der Waals surface area contributed by atoms with Crippen molar-refractivity contribution < 1.29 is 0 Å². The minimum atomic E-state index is 0.248. The molecule has 1 aliphatic heterocycles. The number of hydrogen-bond donors (Lipinski definition) is 0. The van der Waals surface area contributed by atoms with Crippen LogP contribution in [-0.4, -0.2) is 23.1 Å². The van der Waals surface area contributed by atoms with E-state index in [0.29, 0.717) is 0 Å². The summed E-state index contributed by atoms with van der Waals surface area (Å²) in [5.41, 5.74) is 2.35. The zero-order valence-corrected chi connectivity index (χ0v) is 12.4. The molecule has 1 aromatic carbocycles. The quantitative estimate of drug-likeness (QED) is 0.794. The molecule has 2 aromatic rings. The van der Waals surface area contributed by atoms with Crippen molar-refractivity contribution >= 4 is 28.7 Å². The smallest absolute Gasteiger partial charge is 0.224 e. The molecule has 5 heteroatoms. The molecule has 0 amide bonds. The molecule has 3 rings (SSSR count). The summed E-state index contributed by atoms with van der Waals surface area (Å²) in [6.45, 7) is 4.25. The lowest BCUT2D eigenvalue weighted by Crippen LogP contribution is -2.24. The Bertz CT molecular complexity index is 785. The summed E-state index contributed by atoms with van der Waals surface area (Å²) in [5.74, 6) is 0.761. The molecule has 0 spiro atoms. The highest BCUT2D eigenvalue weighted by Gasteiger charge is 2.12. The van der Waals surface area contributed by atoms with Crippen LogP contribution in [0.4, 0.5) is 11.5 Å². The Balaban J connectivity index is 2.06. The Kier molecular flexibility index (Phi) is 3.18. The van der Waals surface area contributed by atoms with Crippen LogP contribution >= 0.6 is 11.6 Å². The van der Waals surface area contributed by atoms with E-state index in [1.54, 1.807) is 6.20 Å². The monoisotopic (exact) mass is 286 g/mol. The Morgan fingerprint density at radius 3 is 2.80 bits per heavy atom. The van der Waals surface area contributed by atoms with Crippen LogP contribution in [-0.2, 0) is 0 Å². The van der Waals surface area contributed by atoms with Crippen LogP contribution in [0.15, 0.2) is 35.5 Å². The third kappa shape index (κ3) is 2.16. The van der Waals surface area contributed by atoms with Gasteiger partial charge in [0.2, 0.25) is 5.28 Å². The van der Waals surface area contributed by atoms with Crippen LogP contribution in [0.1, 0.15) is 13.8 Å². The van der Waals surface area contributed by atoms with Crippen LogP contribution in [0, 0.1) is 0 Å². The summed E-state index contributed by atoms with van der Waals surface area (Å²) in [6, 6.07) is 8.37. The van der Waals surface area contributed by atoms with Gasteiger partial charge in [0, 0.05) is 24.2 Å². The molecule has 0 saturated carbocycles. The predicted octanol–water partition coefficient (Wildman–Crippen LogP) is 2.09. The molecule has 0 radical (unpaired) electrons. The van der Waals surface area contributed by atoms with Crippen LogP contribution in [0.2, 0.25) is 5.28 Å². The van der Waals surface area contributed by atoms with Crippen molar-refractivity contribution in [2.45, 2.75) is 19.9 Å². The van der Waals surface area contributed by atoms with Gasteiger partial charge in [-0.3, -0.25) is 4.99 Å². The first kappa shape index (κ1) is 13.1. The van der Waals surface area contributed by atoms with Crippen molar-refractivity contribution in [3.05, 3.63) is 46.3 Å². The zero-order valence-electron chi connectivity index (χ0n) is 11.6. The normalized spacial score (nSPS) is 16.8. The molecule has 0 saturated heterocycles. The summed E-state index contributed by atoms with van der Waals surface area (Å²) >= 11 is 5.84. The second-order valence-corrected chi connectivity index (χ2v) is 5.27. The first-order valence-corrected chi connectivity index (χ1v) is 6.85. The maximum atomic E-state index is 5.84. The molecule has 1 unspecified atom stereocenters. The number of nitrogens with zero attached hydrogens (tertiary/aromatic N) is 4. The highest BCUT2D eigenvalue weighted by molar-refractivity contribution is 6.28. The molecule has 0 N–H and O–H groups in total. The first-order chi connectivity index (χ1) is 9.56. The second-order valence-electron chi connectivity index (χ2n) is 4.93. The van der Waals surface area contributed by atoms with Gasteiger partial charge in [0.25, 0.3) is 0 Å². The average molecular weight is 287 g/mol. The SMILES string of the molecule is CC1=c2ccc(N(C)c3ccnc(Cl)n3)cc2=NC1C. The van der Waals surface area contributed by atoms with Crippen LogP contribution < -0.4 is 15.5 Å². The number of benzene rings is 1. The number of halogens is 1. The number of anilines is 2. The van der Waals surface area contributed by atoms with Crippen molar-refractivity contribution in [2.75, 3.05) is 11.9 Å². The number of rotatable bonds is 2. The lowest BCUT2D eigenvalue weighted by Gasteiger charge is -2.17. The molecule has 0 aliphatic carbocycles. The molecule has 20 heavy (non-hydrogen) atoms. The maximum absolute atomic E-state index is 5.84. The first-order valence-electron chi connectivity index (χ1n) is 6.47. The lowest BCUT2D eigenvalue weighted by molar-refractivity contribution is 0.926. The van der Waals surface area contributed by atoms with Crippen LogP contribution in [0.25, 0.3) is 5.57 Å². The number of hydrogen-bond acceptors (Lipinski definition) is 4. The minimum absolute atomic E-state index is 0.248. The molecule has 0 fully saturated rings. The van der Waals surface area contributed by atoms with Gasteiger partial charge in [0.15, 0.2) is 0 Å². The van der Waals surface area contributed by atoms with E-state index in [4.69, 9.17) is 11.6 Å². The van der Waals surface area contributed by atoms with Gasteiger partial charge in [0.1, 0.15) is 5.82 Å². The van der Waals surface area contributed by atoms with Crippen molar-refractivity contribution in [1.29, 1.82) is 0 Å². The van der Waals surface area contributed by atoms with Gasteiger partial charge in [-0.1, -0.05) is 6.07 Å². The third-order valence-electron chi connectivity index (χ3n) is 3.71. The summed E-state index contributed by atoms with van der Waals surface area (Å²) in [7, 11) is 1.95. The molecule has 4 nitrogen and oxygen atoms in total. The van der Waals surface area contributed by atoms with E-state index in [2.05, 4.69) is 47.0 Å². The van der Waals surface area contributed by atoms with Gasteiger partial charge in [-0.05, 0) is 49.2 Å². The minimum Gasteiger partial charge on any atom is -0.329 e. The fourth-order valence-corrected chi connectivity index (χ4v) is 2.49. The van der Waals surface area contributed by atoms with E-state index in [0.717, 1.165) is 16.9 Å². The topological polar surface area (TPSA) is 41.4 Å². The maximum Gasteiger partial charge on any atom is 0.224 e. The van der Waals surface area contributed by atoms with Gasteiger partial charge in [-0.15, -0.1) is 0 Å². The molecular weight excluding hydrogens is 272 g/mol.